The molecule has 0 aromatic carbocycles. The molecule has 1 saturated heterocycles. The monoisotopic (exact) mass is 281 g/mol. The van der Waals surface area contributed by atoms with Crippen molar-refractivity contribution < 1.29 is 14.7 Å². The summed E-state index contributed by atoms with van der Waals surface area (Å²) in [7, 11) is 0. The highest BCUT2D eigenvalue weighted by molar-refractivity contribution is 7.14. The molecule has 2 atom stereocenters. The number of thiophene rings is 1. The molecule has 0 radical (unpaired) electrons. The Morgan fingerprint density at radius 1 is 1.42 bits per heavy atom. The Hall–Kier alpha value is -1.36. The number of carboxylic acid groups (broad SMARTS) is 1. The fraction of sp³-hybridized carbons (Fsp3) is 0.571. The standard InChI is InChI=1S/C14H19NO3S/c1-8-6-12(19-10(8)3)13(16)15-5-4-11(14(17)18)9(2)7-15/h6,9,11H,4-5,7H2,1-3H3,(H,17,18). The molecule has 1 aliphatic heterocycles. The summed E-state index contributed by atoms with van der Waals surface area (Å²) in [5, 5.41) is 9.09. The molecule has 1 aromatic heterocycles. The summed E-state index contributed by atoms with van der Waals surface area (Å²) in [4.78, 5) is 27.1. The number of hydrogen-bond acceptors (Lipinski definition) is 3. The highest BCUT2D eigenvalue weighted by atomic mass is 32.1. The van der Waals surface area contributed by atoms with Gasteiger partial charge in [-0.05, 0) is 37.8 Å². The number of hydrogen-bond donors (Lipinski definition) is 1. The normalized spacial score (nSPS) is 23.4. The third kappa shape index (κ3) is 2.81. The van der Waals surface area contributed by atoms with Crippen molar-refractivity contribution >= 4 is 23.2 Å². The number of nitrogens with zero attached hydrogens (tertiary/aromatic N) is 1. The lowest BCUT2D eigenvalue weighted by Gasteiger charge is -2.34. The summed E-state index contributed by atoms with van der Waals surface area (Å²) >= 11 is 1.52. The Morgan fingerprint density at radius 2 is 2.11 bits per heavy atom. The number of carbonyl (C=O) groups excluding carboxylic acids is 1. The zero-order valence-electron chi connectivity index (χ0n) is 11.5. The zero-order valence-corrected chi connectivity index (χ0v) is 12.3. The second-order valence-electron chi connectivity index (χ2n) is 5.31. The number of piperidine rings is 1. The van der Waals surface area contributed by atoms with Crippen molar-refractivity contribution in [3.63, 3.8) is 0 Å². The van der Waals surface area contributed by atoms with E-state index >= 15 is 0 Å². The van der Waals surface area contributed by atoms with Gasteiger partial charge in [0.15, 0.2) is 0 Å². The average molecular weight is 281 g/mol. The van der Waals surface area contributed by atoms with E-state index in [1.165, 1.54) is 11.3 Å². The largest absolute Gasteiger partial charge is 0.481 e. The molecule has 0 spiro atoms. The van der Waals surface area contributed by atoms with Gasteiger partial charge in [-0.2, -0.15) is 0 Å². The molecule has 2 heterocycles. The molecular formula is C14H19NO3S. The molecule has 4 nitrogen and oxygen atoms in total. The maximum absolute atomic E-state index is 12.4. The lowest BCUT2D eigenvalue weighted by molar-refractivity contribution is -0.145. The van der Waals surface area contributed by atoms with Crippen molar-refractivity contribution in [1.82, 2.24) is 4.90 Å². The molecule has 2 unspecified atom stereocenters. The quantitative estimate of drug-likeness (QED) is 0.906. The smallest absolute Gasteiger partial charge is 0.306 e. The Bertz CT molecular complexity index is 489. The molecule has 104 valence electrons. The molecule has 1 fully saturated rings. The predicted molar refractivity (Wildman–Crippen MR) is 74.6 cm³/mol. The number of aryl methyl sites for hydroxylation is 2. The molecule has 1 aromatic rings. The van der Waals surface area contributed by atoms with Gasteiger partial charge in [-0.1, -0.05) is 6.92 Å². The van der Waals surface area contributed by atoms with Crippen LogP contribution >= 0.6 is 11.3 Å². The maximum atomic E-state index is 12.4. The molecule has 1 aliphatic rings. The number of likely N-dealkylation sites (tertiary alicyclic amines) is 1. The van der Waals surface area contributed by atoms with Gasteiger partial charge in [-0.25, -0.2) is 0 Å². The first-order chi connectivity index (χ1) is 8.90. The van der Waals surface area contributed by atoms with Crippen molar-refractivity contribution in [2.75, 3.05) is 13.1 Å². The molecule has 0 aliphatic carbocycles. The van der Waals surface area contributed by atoms with Gasteiger partial charge in [0.2, 0.25) is 0 Å². The van der Waals surface area contributed by atoms with E-state index in [0.29, 0.717) is 19.5 Å². The van der Waals surface area contributed by atoms with Crippen LogP contribution in [0.4, 0.5) is 0 Å². The van der Waals surface area contributed by atoms with E-state index in [9.17, 15) is 9.59 Å². The molecule has 19 heavy (non-hydrogen) atoms. The summed E-state index contributed by atoms with van der Waals surface area (Å²) in [5.41, 5.74) is 1.14. The van der Waals surface area contributed by atoms with Crippen LogP contribution < -0.4 is 0 Å². The fourth-order valence-electron chi connectivity index (χ4n) is 2.53. The van der Waals surface area contributed by atoms with Gasteiger partial charge in [0.05, 0.1) is 10.8 Å². The van der Waals surface area contributed by atoms with Gasteiger partial charge < -0.3 is 10.0 Å². The zero-order chi connectivity index (χ0) is 14.2. The Labute approximate surface area is 117 Å². The van der Waals surface area contributed by atoms with Crippen molar-refractivity contribution in [3.8, 4) is 0 Å². The van der Waals surface area contributed by atoms with Gasteiger partial charge in [0, 0.05) is 18.0 Å². The van der Waals surface area contributed by atoms with Crippen molar-refractivity contribution in [1.29, 1.82) is 0 Å². The molecule has 1 amide bonds. The number of amides is 1. The summed E-state index contributed by atoms with van der Waals surface area (Å²) in [6.07, 6.45) is 0.547. The van der Waals surface area contributed by atoms with E-state index < -0.39 is 5.97 Å². The van der Waals surface area contributed by atoms with Gasteiger partial charge in [0.25, 0.3) is 5.91 Å². The summed E-state index contributed by atoms with van der Waals surface area (Å²) in [6.45, 7) is 6.99. The molecular weight excluding hydrogens is 262 g/mol. The number of carboxylic acids is 1. The van der Waals surface area contributed by atoms with Crippen molar-refractivity contribution in [2.24, 2.45) is 11.8 Å². The Morgan fingerprint density at radius 3 is 2.58 bits per heavy atom. The van der Waals surface area contributed by atoms with Crippen molar-refractivity contribution in [3.05, 3.63) is 21.4 Å². The minimum Gasteiger partial charge on any atom is -0.481 e. The summed E-state index contributed by atoms with van der Waals surface area (Å²) < 4.78 is 0. The topological polar surface area (TPSA) is 57.6 Å². The first kappa shape index (κ1) is 14.1. The van der Waals surface area contributed by atoms with Crippen LogP contribution in [0.1, 0.15) is 33.5 Å². The first-order valence-electron chi connectivity index (χ1n) is 6.49. The van der Waals surface area contributed by atoms with E-state index in [2.05, 4.69) is 0 Å². The number of rotatable bonds is 2. The Balaban J connectivity index is 2.08. The maximum Gasteiger partial charge on any atom is 0.306 e. The number of aliphatic carboxylic acids is 1. The van der Waals surface area contributed by atoms with Gasteiger partial charge in [-0.15, -0.1) is 11.3 Å². The van der Waals surface area contributed by atoms with E-state index in [-0.39, 0.29) is 17.7 Å². The predicted octanol–water partition coefficient (Wildman–Crippen LogP) is 2.55. The second kappa shape index (κ2) is 5.33. The van der Waals surface area contributed by atoms with Crippen LogP contribution in [-0.4, -0.2) is 35.0 Å². The molecule has 0 bridgehead atoms. The highest BCUT2D eigenvalue weighted by Crippen LogP contribution is 2.27. The fourth-order valence-corrected chi connectivity index (χ4v) is 3.53. The SMILES string of the molecule is Cc1cc(C(=O)N2CCC(C(=O)O)C(C)C2)sc1C. The van der Waals surface area contributed by atoms with E-state index in [0.717, 1.165) is 15.3 Å². The summed E-state index contributed by atoms with van der Waals surface area (Å²) in [5.74, 6) is -1.02. The van der Waals surface area contributed by atoms with Crippen LogP contribution in [0.5, 0.6) is 0 Å². The van der Waals surface area contributed by atoms with Crippen LogP contribution in [0.3, 0.4) is 0 Å². The third-order valence-electron chi connectivity index (χ3n) is 3.89. The minimum atomic E-state index is -0.748. The van der Waals surface area contributed by atoms with Crippen LogP contribution in [0.2, 0.25) is 0 Å². The summed E-state index contributed by atoms with van der Waals surface area (Å²) in [6, 6.07) is 1.93. The number of carbonyl (C=O) groups is 2. The first-order valence-corrected chi connectivity index (χ1v) is 7.31. The van der Waals surface area contributed by atoms with Crippen LogP contribution in [-0.2, 0) is 4.79 Å². The van der Waals surface area contributed by atoms with Gasteiger partial charge >= 0.3 is 5.97 Å². The molecule has 2 rings (SSSR count). The minimum absolute atomic E-state index is 0.0114. The van der Waals surface area contributed by atoms with Gasteiger partial charge in [-0.3, -0.25) is 9.59 Å². The van der Waals surface area contributed by atoms with E-state index in [1.54, 1.807) is 4.90 Å². The molecule has 5 heteroatoms. The van der Waals surface area contributed by atoms with E-state index in [1.807, 2.05) is 26.8 Å². The Kier molecular flexibility index (Phi) is 3.94. The molecule has 0 saturated carbocycles. The van der Waals surface area contributed by atoms with Crippen LogP contribution in [0.25, 0.3) is 0 Å². The second-order valence-corrected chi connectivity index (χ2v) is 6.57. The third-order valence-corrected chi connectivity index (χ3v) is 5.03. The lowest BCUT2D eigenvalue weighted by Crippen LogP contribution is -2.44. The average Bonchev–Trinajstić information content (AvgIpc) is 2.68. The lowest BCUT2D eigenvalue weighted by atomic mass is 9.87. The van der Waals surface area contributed by atoms with Gasteiger partial charge in [0.1, 0.15) is 0 Å². The molecule has 1 N–H and O–H groups in total. The highest BCUT2D eigenvalue weighted by Gasteiger charge is 2.33. The van der Waals surface area contributed by atoms with Crippen LogP contribution in [0.15, 0.2) is 6.07 Å². The van der Waals surface area contributed by atoms with Crippen LogP contribution in [0, 0.1) is 25.7 Å². The van der Waals surface area contributed by atoms with Crippen molar-refractivity contribution in [2.45, 2.75) is 27.2 Å². The van der Waals surface area contributed by atoms with E-state index in [4.69, 9.17) is 5.11 Å².